The van der Waals surface area contributed by atoms with Crippen LogP contribution in [0.15, 0.2) is 12.3 Å². The van der Waals surface area contributed by atoms with Gasteiger partial charge < -0.3 is 0 Å². The summed E-state index contributed by atoms with van der Waals surface area (Å²) in [5, 5.41) is 0. The first-order chi connectivity index (χ1) is 5.99. The molecule has 0 unspecified atom stereocenters. The second kappa shape index (κ2) is 3.70. The third-order valence-electron chi connectivity index (χ3n) is 2.51. The predicted octanol–water partition coefficient (Wildman–Crippen LogP) is 2.91. The van der Waals surface area contributed by atoms with E-state index >= 15 is 0 Å². The molecule has 0 atom stereocenters. The second-order valence-corrected chi connectivity index (χ2v) is 4.46. The maximum Gasteiger partial charge on any atom is 0.0499 e. The molecule has 1 aromatic rings. The molecule has 2 heteroatoms. The molecule has 1 rings (SSSR count). The summed E-state index contributed by atoms with van der Waals surface area (Å²) in [5.41, 5.74) is 3.84. The van der Waals surface area contributed by atoms with Crippen molar-refractivity contribution in [3.63, 3.8) is 0 Å². The zero-order valence-electron chi connectivity index (χ0n) is 8.76. The molecule has 0 spiro atoms. The van der Waals surface area contributed by atoms with Crippen LogP contribution in [0.4, 0.5) is 0 Å². The Bertz CT molecular complexity index is 305. The highest BCUT2D eigenvalue weighted by atomic mass is 32.1. The van der Waals surface area contributed by atoms with Crippen LogP contribution in [-0.2, 0) is 5.41 Å². The standard InChI is InChI=1S/C11H17NS/c1-8-5-6-12-10(9(8)2)11(3,4)7-13/h5-6,13H,7H2,1-4H3. The van der Waals surface area contributed by atoms with E-state index in [4.69, 9.17) is 0 Å². The van der Waals surface area contributed by atoms with Crippen LogP contribution in [0, 0.1) is 13.8 Å². The van der Waals surface area contributed by atoms with Crippen LogP contribution in [0.25, 0.3) is 0 Å². The molecule has 0 aliphatic heterocycles. The normalized spacial score (nSPS) is 11.8. The van der Waals surface area contributed by atoms with Crippen LogP contribution in [0.3, 0.4) is 0 Å². The van der Waals surface area contributed by atoms with Gasteiger partial charge in [-0.1, -0.05) is 13.8 Å². The fourth-order valence-electron chi connectivity index (χ4n) is 1.39. The molecule has 0 saturated heterocycles. The third-order valence-corrected chi connectivity index (χ3v) is 3.30. The van der Waals surface area contributed by atoms with Gasteiger partial charge in [0.1, 0.15) is 0 Å². The van der Waals surface area contributed by atoms with Crippen LogP contribution >= 0.6 is 12.6 Å². The van der Waals surface area contributed by atoms with Gasteiger partial charge in [-0.05, 0) is 31.0 Å². The first-order valence-corrected chi connectivity index (χ1v) is 5.16. The minimum Gasteiger partial charge on any atom is -0.260 e. The topological polar surface area (TPSA) is 12.9 Å². The largest absolute Gasteiger partial charge is 0.260 e. The van der Waals surface area contributed by atoms with E-state index in [1.165, 1.54) is 16.8 Å². The average Bonchev–Trinajstić information content (AvgIpc) is 2.09. The number of rotatable bonds is 2. The lowest BCUT2D eigenvalue weighted by molar-refractivity contribution is 0.576. The quantitative estimate of drug-likeness (QED) is 0.716. The van der Waals surface area contributed by atoms with Gasteiger partial charge in [-0.2, -0.15) is 12.6 Å². The van der Waals surface area contributed by atoms with Crippen molar-refractivity contribution in [2.45, 2.75) is 33.1 Å². The number of nitrogens with zero attached hydrogens (tertiary/aromatic N) is 1. The molecule has 13 heavy (non-hydrogen) atoms. The van der Waals surface area contributed by atoms with Gasteiger partial charge in [0.2, 0.25) is 0 Å². The highest BCUT2D eigenvalue weighted by Gasteiger charge is 2.22. The second-order valence-electron chi connectivity index (χ2n) is 4.14. The van der Waals surface area contributed by atoms with Gasteiger partial charge in [-0.25, -0.2) is 0 Å². The molecule has 0 bridgehead atoms. The number of aryl methyl sites for hydroxylation is 1. The zero-order valence-corrected chi connectivity index (χ0v) is 9.65. The van der Waals surface area contributed by atoms with Gasteiger partial charge in [0, 0.05) is 23.1 Å². The summed E-state index contributed by atoms with van der Waals surface area (Å²) in [7, 11) is 0. The number of hydrogen-bond donors (Lipinski definition) is 1. The van der Waals surface area contributed by atoms with Crippen LogP contribution in [0.2, 0.25) is 0 Å². The Hall–Kier alpha value is -0.500. The van der Waals surface area contributed by atoms with Gasteiger partial charge in [-0.15, -0.1) is 0 Å². The summed E-state index contributed by atoms with van der Waals surface area (Å²) in [6, 6.07) is 2.05. The lowest BCUT2D eigenvalue weighted by Gasteiger charge is -2.24. The first-order valence-electron chi connectivity index (χ1n) is 4.52. The van der Waals surface area contributed by atoms with Crippen molar-refractivity contribution >= 4 is 12.6 Å². The summed E-state index contributed by atoms with van der Waals surface area (Å²) < 4.78 is 0. The van der Waals surface area contributed by atoms with Crippen LogP contribution in [-0.4, -0.2) is 10.7 Å². The third kappa shape index (κ3) is 2.05. The fraction of sp³-hybridized carbons (Fsp3) is 0.545. The van der Waals surface area contributed by atoms with E-state index < -0.39 is 0 Å². The molecule has 0 aliphatic carbocycles. The Labute approximate surface area is 86.0 Å². The smallest absolute Gasteiger partial charge is 0.0499 e. The first kappa shape index (κ1) is 10.6. The van der Waals surface area contributed by atoms with Crippen LogP contribution < -0.4 is 0 Å². The Kier molecular flexibility index (Phi) is 3.01. The zero-order chi connectivity index (χ0) is 10.1. The van der Waals surface area contributed by atoms with E-state index in [0.29, 0.717) is 0 Å². The van der Waals surface area contributed by atoms with Crippen LogP contribution in [0.5, 0.6) is 0 Å². The van der Waals surface area contributed by atoms with Crippen molar-refractivity contribution in [2.75, 3.05) is 5.75 Å². The van der Waals surface area contributed by atoms with Crippen LogP contribution in [0.1, 0.15) is 30.7 Å². The Morgan fingerprint density at radius 3 is 2.54 bits per heavy atom. The van der Waals surface area contributed by atoms with Gasteiger partial charge in [0.15, 0.2) is 0 Å². The lowest BCUT2D eigenvalue weighted by atomic mass is 9.87. The molecule has 0 amide bonds. The van der Waals surface area contributed by atoms with Gasteiger partial charge >= 0.3 is 0 Å². The van der Waals surface area contributed by atoms with E-state index in [0.717, 1.165) is 5.75 Å². The molecular weight excluding hydrogens is 178 g/mol. The average molecular weight is 195 g/mol. The Balaban J connectivity index is 3.22. The summed E-state index contributed by atoms with van der Waals surface area (Å²) in [4.78, 5) is 4.43. The lowest BCUT2D eigenvalue weighted by Crippen LogP contribution is -2.22. The number of pyridine rings is 1. The van der Waals surface area contributed by atoms with Crippen molar-refractivity contribution in [2.24, 2.45) is 0 Å². The highest BCUT2D eigenvalue weighted by molar-refractivity contribution is 7.80. The summed E-state index contributed by atoms with van der Waals surface area (Å²) >= 11 is 4.35. The summed E-state index contributed by atoms with van der Waals surface area (Å²) in [6.07, 6.45) is 1.88. The van der Waals surface area contributed by atoms with Crippen molar-refractivity contribution in [1.82, 2.24) is 4.98 Å². The summed E-state index contributed by atoms with van der Waals surface area (Å²) in [6.45, 7) is 8.60. The SMILES string of the molecule is Cc1ccnc(C(C)(C)CS)c1C. The molecule has 0 radical (unpaired) electrons. The van der Waals surface area contributed by atoms with E-state index in [2.05, 4.69) is 45.3 Å². The van der Waals surface area contributed by atoms with Crippen molar-refractivity contribution < 1.29 is 0 Å². The monoisotopic (exact) mass is 195 g/mol. The molecular formula is C11H17NS. The Morgan fingerprint density at radius 1 is 1.38 bits per heavy atom. The van der Waals surface area contributed by atoms with Gasteiger partial charge in [0.05, 0.1) is 0 Å². The Morgan fingerprint density at radius 2 is 2.00 bits per heavy atom. The van der Waals surface area contributed by atoms with Gasteiger partial charge in [0.25, 0.3) is 0 Å². The van der Waals surface area contributed by atoms with Crippen molar-refractivity contribution in [3.05, 3.63) is 29.1 Å². The molecule has 0 fully saturated rings. The number of hydrogen-bond acceptors (Lipinski definition) is 2. The van der Waals surface area contributed by atoms with E-state index in [1.807, 2.05) is 12.3 Å². The minimum atomic E-state index is 0.0687. The summed E-state index contributed by atoms with van der Waals surface area (Å²) in [5.74, 6) is 0.824. The highest BCUT2D eigenvalue weighted by Crippen LogP contribution is 2.26. The van der Waals surface area contributed by atoms with Crippen molar-refractivity contribution in [1.29, 1.82) is 0 Å². The van der Waals surface area contributed by atoms with E-state index in [-0.39, 0.29) is 5.41 Å². The molecule has 1 heterocycles. The molecule has 0 saturated carbocycles. The predicted molar refractivity (Wildman–Crippen MR) is 60.6 cm³/mol. The van der Waals surface area contributed by atoms with E-state index in [1.54, 1.807) is 0 Å². The van der Waals surface area contributed by atoms with Gasteiger partial charge in [-0.3, -0.25) is 4.98 Å². The number of aromatic nitrogens is 1. The molecule has 0 aliphatic rings. The molecule has 72 valence electrons. The molecule has 1 aromatic heterocycles. The van der Waals surface area contributed by atoms with Crippen molar-refractivity contribution in [3.8, 4) is 0 Å². The minimum absolute atomic E-state index is 0.0687. The number of thiol groups is 1. The fourth-order valence-corrected chi connectivity index (χ4v) is 1.54. The molecule has 0 N–H and O–H groups in total. The molecule has 0 aromatic carbocycles. The van der Waals surface area contributed by atoms with E-state index in [9.17, 15) is 0 Å². The maximum atomic E-state index is 4.43. The maximum absolute atomic E-state index is 4.43. The molecule has 1 nitrogen and oxygen atoms in total.